The minimum Gasteiger partial charge on any atom is -0.481 e. The lowest BCUT2D eigenvalue weighted by Crippen LogP contribution is -2.50. The van der Waals surface area contributed by atoms with Crippen LogP contribution in [0.4, 0.5) is 4.79 Å². The first kappa shape index (κ1) is 14.2. The van der Waals surface area contributed by atoms with E-state index in [-0.39, 0.29) is 12.1 Å². The summed E-state index contributed by atoms with van der Waals surface area (Å²) in [5.74, 6) is -0.0396. The van der Waals surface area contributed by atoms with Crippen LogP contribution in [-0.2, 0) is 4.79 Å². The molecule has 19 heavy (non-hydrogen) atoms. The van der Waals surface area contributed by atoms with E-state index in [0.717, 1.165) is 19.3 Å². The summed E-state index contributed by atoms with van der Waals surface area (Å²) >= 11 is 0. The van der Waals surface area contributed by atoms with E-state index in [1.54, 1.807) is 4.90 Å². The highest BCUT2D eigenvalue weighted by Crippen LogP contribution is 2.31. The number of hydrogen-bond donors (Lipinski definition) is 2. The number of piperidine rings is 1. The first-order chi connectivity index (χ1) is 8.99. The Hall–Kier alpha value is -1.26. The molecule has 5 nitrogen and oxygen atoms in total. The highest BCUT2D eigenvalue weighted by molar-refractivity contribution is 5.76. The normalized spacial score (nSPS) is 35.2. The molecule has 0 radical (unpaired) electrons. The molecule has 2 rings (SSSR count). The fraction of sp³-hybridized carbons (Fsp3) is 0.857. The predicted molar refractivity (Wildman–Crippen MR) is 71.8 cm³/mol. The number of carboxylic acids is 1. The van der Waals surface area contributed by atoms with E-state index in [1.165, 1.54) is 0 Å². The number of hydrogen-bond acceptors (Lipinski definition) is 2. The quantitative estimate of drug-likeness (QED) is 0.804. The van der Waals surface area contributed by atoms with Gasteiger partial charge in [0.2, 0.25) is 0 Å². The summed E-state index contributed by atoms with van der Waals surface area (Å²) in [6.07, 6.45) is 3.64. The summed E-state index contributed by atoms with van der Waals surface area (Å²) in [5, 5.41) is 12.1. The van der Waals surface area contributed by atoms with Crippen molar-refractivity contribution < 1.29 is 14.7 Å². The average Bonchev–Trinajstić information content (AvgIpc) is 2.71. The summed E-state index contributed by atoms with van der Waals surface area (Å²) in [5.41, 5.74) is 0. The van der Waals surface area contributed by atoms with Gasteiger partial charge in [0.1, 0.15) is 0 Å². The van der Waals surface area contributed by atoms with E-state index in [4.69, 9.17) is 5.11 Å². The van der Waals surface area contributed by atoms with E-state index in [0.29, 0.717) is 31.3 Å². The molecule has 2 amide bonds. The second kappa shape index (κ2) is 5.80. The van der Waals surface area contributed by atoms with Gasteiger partial charge >= 0.3 is 12.0 Å². The van der Waals surface area contributed by atoms with Gasteiger partial charge in [-0.05, 0) is 37.5 Å². The maximum absolute atomic E-state index is 12.2. The molecule has 4 atom stereocenters. The van der Waals surface area contributed by atoms with Gasteiger partial charge in [-0.3, -0.25) is 4.79 Å². The van der Waals surface area contributed by atoms with Crippen molar-refractivity contribution in [3.63, 3.8) is 0 Å². The molecular formula is C14H24N2O3. The number of carboxylic acid groups (broad SMARTS) is 1. The van der Waals surface area contributed by atoms with Crippen LogP contribution < -0.4 is 5.32 Å². The molecule has 0 aromatic rings. The van der Waals surface area contributed by atoms with Crippen molar-refractivity contribution in [3.8, 4) is 0 Å². The number of nitrogens with one attached hydrogen (secondary N) is 1. The minimum absolute atomic E-state index is 0.0862. The summed E-state index contributed by atoms with van der Waals surface area (Å²) in [4.78, 5) is 24.9. The predicted octanol–water partition coefficient (Wildman–Crippen LogP) is 1.93. The number of nitrogens with zero attached hydrogens (tertiary/aromatic N) is 1. The van der Waals surface area contributed by atoms with Gasteiger partial charge in [-0.15, -0.1) is 0 Å². The number of amides is 2. The van der Waals surface area contributed by atoms with Crippen molar-refractivity contribution in [2.45, 2.75) is 45.6 Å². The van der Waals surface area contributed by atoms with E-state index >= 15 is 0 Å². The van der Waals surface area contributed by atoms with Crippen molar-refractivity contribution in [1.29, 1.82) is 0 Å². The first-order valence-corrected chi connectivity index (χ1v) is 7.27. The van der Waals surface area contributed by atoms with Gasteiger partial charge < -0.3 is 15.3 Å². The second-order valence-corrected chi connectivity index (χ2v) is 6.09. The standard InChI is InChI=1S/C14H24N2O3/c1-9-5-6-12(10(9)2)15-14(19)16-7-3-4-11(8-16)13(17)18/h9-12H,3-8H2,1-2H3,(H,15,19)(H,17,18)/t9?,10?,11-,12?/m0/s1. The lowest BCUT2D eigenvalue weighted by atomic mass is 9.97. The third kappa shape index (κ3) is 3.19. The topological polar surface area (TPSA) is 69.6 Å². The third-order valence-corrected chi connectivity index (χ3v) is 4.83. The van der Waals surface area contributed by atoms with E-state index in [2.05, 4.69) is 19.2 Å². The maximum Gasteiger partial charge on any atom is 0.317 e. The Balaban J connectivity index is 1.87. The van der Waals surface area contributed by atoms with Gasteiger partial charge in [-0.25, -0.2) is 4.79 Å². The van der Waals surface area contributed by atoms with Gasteiger partial charge in [0, 0.05) is 19.1 Å². The van der Waals surface area contributed by atoms with E-state index in [9.17, 15) is 9.59 Å². The smallest absolute Gasteiger partial charge is 0.317 e. The van der Waals surface area contributed by atoms with Crippen LogP contribution in [0.15, 0.2) is 0 Å². The molecule has 1 saturated heterocycles. The Kier molecular flexibility index (Phi) is 4.32. The monoisotopic (exact) mass is 268 g/mol. The number of carbonyl (C=O) groups excluding carboxylic acids is 1. The van der Waals surface area contributed by atoms with E-state index in [1.807, 2.05) is 0 Å². The SMILES string of the molecule is CC1CCC(NC(=O)N2CCC[C@H](C(=O)O)C2)C1C. The Morgan fingerprint density at radius 2 is 1.95 bits per heavy atom. The Labute approximate surface area is 114 Å². The lowest BCUT2D eigenvalue weighted by molar-refractivity contribution is -0.143. The molecule has 1 aliphatic carbocycles. The highest BCUT2D eigenvalue weighted by atomic mass is 16.4. The Bertz CT molecular complexity index is 359. The largest absolute Gasteiger partial charge is 0.481 e. The molecule has 1 saturated carbocycles. The first-order valence-electron chi connectivity index (χ1n) is 7.27. The fourth-order valence-electron chi connectivity index (χ4n) is 3.18. The lowest BCUT2D eigenvalue weighted by Gasteiger charge is -2.32. The molecular weight excluding hydrogens is 244 g/mol. The fourth-order valence-corrected chi connectivity index (χ4v) is 3.18. The van der Waals surface area contributed by atoms with Crippen LogP contribution in [0.2, 0.25) is 0 Å². The van der Waals surface area contributed by atoms with E-state index < -0.39 is 11.9 Å². The molecule has 0 spiro atoms. The molecule has 5 heteroatoms. The third-order valence-electron chi connectivity index (χ3n) is 4.83. The number of rotatable bonds is 2. The zero-order valence-corrected chi connectivity index (χ0v) is 11.8. The van der Waals surface area contributed by atoms with Crippen LogP contribution in [0.3, 0.4) is 0 Å². The maximum atomic E-state index is 12.2. The summed E-state index contributed by atoms with van der Waals surface area (Å²) < 4.78 is 0. The molecule has 2 fully saturated rings. The van der Waals surface area contributed by atoms with Crippen molar-refractivity contribution in [1.82, 2.24) is 10.2 Å². The van der Waals surface area contributed by atoms with Gasteiger partial charge in [0.15, 0.2) is 0 Å². The summed E-state index contributed by atoms with van der Waals surface area (Å²) in [7, 11) is 0. The van der Waals surface area contributed by atoms with Crippen molar-refractivity contribution in [2.75, 3.05) is 13.1 Å². The molecule has 2 aliphatic rings. The van der Waals surface area contributed by atoms with Crippen LogP contribution in [-0.4, -0.2) is 41.1 Å². The van der Waals surface area contributed by atoms with Crippen molar-refractivity contribution >= 4 is 12.0 Å². The molecule has 108 valence electrons. The van der Waals surface area contributed by atoms with Crippen molar-refractivity contribution in [2.24, 2.45) is 17.8 Å². The summed E-state index contributed by atoms with van der Waals surface area (Å²) in [6, 6.07) is 0.157. The molecule has 1 heterocycles. The molecule has 1 aliphatic heterocycles. The second-order valence-electron chi connectivity index (χ2n) is 6.09. The number of likely N-dealkylation sites (tertiary alicyclic amines) is 1. The van der Waals surface area contributed by atoms with Gasteiger partial charge in [0.25, 0.3) is 0 Å². The molecule has 2 N–H and O–H groups in total. The zero-order valence-electron chi connectivity index (χ0n) is 11.8. The zero-order chi connectivity index (χ0) is 14.0. The van der Waals surface area contributed by atoms with Gasteiger partial charge in [-0.2, -0.15) is 0 Å². The van der Waals surface area contributed by atoms with Crippen LogP contribution in [0.25, 0.3) is 0 Å². The molecule has 3 unspecified atom stereocenters. The Morgan fingerprint density at radius 1 is 1.21 bits per heavy atom. The number of urea groups is 1. The molecule has 0 aromatic heterocycles. The molecule has 0 aromatic carbocycles. The Morgan fingerprint density at radius 3 is 2.53 bits per heavy atom. The molecule has 0 bridgehead atoms. The van der Waals surface area contributed by atoms with Gasteiger partial charge in [0.05, 0.1) is 5.92 Å². The van der Waals surface area contributed by atoms with Crippen LogP contribution in [0.1, 0.15) is 39.5 Å². The van der Waals surface area contributed by atoms with Crippen LogP contribution >= 0.6 is 0 Å². The summed E-state index contributed by atoms with van der Waals surface area (Å²) in [6.45, 7) is 5.42. The highest BCUT2D eigenvalue weighted by Gasteiger charge is 2.33. The number of aliphatic carboxylic acids is 1. The van der Waals surface area contributed by atoms with Crippen molar-refractivity contribution in [3.05, 3.63) is 0 Å². The van der Waals surface area contributed by atoms with Crippen LogP contribution in [0.5, 0.6) is 0 Å². The number of carbonyl (C=O) groups is 2. The average molecular weight is 268 g/mol. The van der Waals surface area contributed by atoms with Crippen LogP contribution in [0, 0.1) is 17.8 Å². The minimum atomic E-state index is -0.791. The van der Waals surface area contributed by atoms with Gasteiger partial charge in [-0.1, -0.05) is 13.8 Å².